The Labute approximate surface area is 187 Å². The molecule has 0 spiro atoms. The van der Waals surface area contributed by atoms with Crippen LogP contribution in [-0.2, 0) is 9.59 Å². The average molecular weight is 442 g/mol. The van der Waals surface area contributed by atoms with Gasteiger partial charge in [0.2, 0.25) is 11.8 Å². The summed E-state index contributed by atoms with van der Waals surface area (Å²) in [6.07, 6.45) is 10.8. The fourth-order valence-electron chi connectivity index (χ4n) is 6.55. The predicted molar refractivity (Wildman–Crippen MR) is 116 cm³/mol. The van der Waals surface area contributed by atoms with Crippen molar-refractivity contribution in [3.63, 3.8) is 0 Å². The van der Waals surface area contributed by atoms with Gasteiger partial charge in [0.15, 0.2) is 11.0 Å². The number of carbonyl (C=O) groups is 2. The van der Waals surface area contributed by atoms with Gasteiger partial charge in [0.05, 0.1) is 11.8 Å². The number of carbonyl (C=O) groups excluding carboxylic acids is 2. The maximum atomic E-state index is 13.0. The van der Waals surface area contributed by atoms with Crippen LogP contribution < -0.4 is 4.90 Å². The third kappa shape index (κ3) is 3.20. The van der Waals surface area contributed by atoms with Crippen LogP contribution in [0.25, 0.3) is 0 Å². The molecule has 6 atom stereocenters. The van der Waals surface area contributed by atoms with Crippen LogP contribution in [0.4, 0.5) is 5.82 Å². The van der Waals surface area contributed by atoms with Gasteiger partial charge in [0.1, 0.15) is 0 Å². The Morgan fingerprint density at radius 1 is 0.871 bits per heavy atom. The normalized spacial score (nSPS) is 36.2. The molecule has 0 N–H and O–H groups in total. The molecule has 2 aliphatic heterocycles. The molecule has 4 aliphatic carbocycles. The number of amides is 2. The highest BCUT2D eigenvalue weighted by molar-refractivity contribution is 6.31. The first kappa shape index (κ1) is 19.7. The molecule has 3 heterocycles. The zero-order valence-corrected chi connectivity index (χ0v) is 18.3. The highest BCUT2D eigenvalue weighted by Crippen LogP contribution is 2.65. The first-order valence-corrected chi connectivity index (χ1v) is 12.0. The summed E-state index contributed by atoms with van der Waals surface area (Å²) < 4.78 is 0. The maximum absolute atomic E-state index is 13.0. The molecule has 31 heavy (non-hydrogen) atoms. The smallest absolute Gasteiger partial charge is 0.233 e. The van der Waals surface area contributed by atoms with Gasteiger partial charge in [-0.2, -0.15) is 0 Å². The van der Waals surface area contributed by atoms with Gasteiger partial charge in [-0.05, 0) is 49.5 Å². The molecular formula is C23H28ClN5O2. The second-order valence-electron chi connectivity index (χ2n) is 9.69. The molecule has 1 aromatic heterocycles. The number of hydrogen-bond acceptors (Lipinski definition) is 6. The van der Waals surface area contributed by atoms with E-state index in [0.29, 0.717) is 35.4 Å². The topological polar surface area (TPSA) is 69.6 Å². The van der Waals surface area contributed by atoms with E-state index in [0.717, 1.165) is 51.4 Å². The summed E-state index contributed by atoms with van der Waals surface area (Å²) in [4.78, 5) is 40.7. The molecule has 164 valence electrons. The highest BCUT2D eigenvalue weighted by Gasteiger charge is 2.66. The summed E-state index contributed by atoms with van der Waals surface area (Å²) >= 11 is 6.17. The van der Waals surface area contributed by atoms with Crippen molar-refractivity contribution in [3.05, 3.63) is 29.7 Å². The van der Waals surface area contributed by atoms with Crippen LogP contribution in [0.5, 0.6) is 0 Å². The van der Waals surface area contributed by atoms with E-state index in [1.54, 1.807) is 17.3 Å². The van der Waals surface area contributed by atoms with Crippen LogP contribution in [0.1, 0.15) is 19.3 Å². The van der Waals surface area contributed by atoms with Crippen LogP contribution >= 0.6 is 11.6 Å². The number of unbranched alkanes of at least 4 members (excludes halogenated alkanes) is 1. The van der Waals surface area contributed by atoms with Crippen LogP contribution in [0.2, 0.25) is 5.15 Å². The second-order valence-corrected chi connectivity index (χ2v) is 10.0. The molecule has 7 nitrogen and oxygen atoms in total. The minimum absolute atomic E-state index is 0.0627. The molecule has 6 aliphatic rings. The fourth-order valence-corrected chi connectivity index (χ4v) is 6.78. The summed E-state index contributed by atoms with van der Waals surface area (Å²) in [5.74, 6) is 2.83. The summed E-state index contributed by atoms with van der Waals surface area (Å²) in [5, 5.41) is 0.456. The van der Waals surface area contributed by atoms with Crippen molar-refractivity contribution in [3.8, 4) is 0 Å². The van der Waals surface area contributed by atoms with E-state index in [-0.39, 0.29) is 23.7 Å². The molecule has 7 rings (SSSR count). The quantitative estimate of drug-likeness (QED) is 0.382. The number of likely N-dealkylation sites (tertiary alicyclic amines) is 1. The van der Waals surface area contributed by atoms with E-state index >= 15 is 0 Å². The Morgan fingerprint density at radius 3 is 2.13 bits per heavy atom. The molecule has 4 fully saturated rings. The molecular weight excluding hydrogens is 414 g/mol. The lowest BCUT2D eigenvalue weighted by Crippen LogP contribution is -2.47. The van der Waals surface area contributed by atoms with Crippen LogP contribution in [-0.4, -0.2) is 70.9 Å². The highest BCUT2D eigenvalue weighted by atomic mass is 35.5. The van der Waals surface area contributed by atoms with E-state index in [1.165, 1.54) is 6.42 Å². The number of anilines is 1. The second kappa shape index (κ2) is 7.55. The number of aromatic nitrogens is 2. The van der Waals surface area contributed by atoms with Gasteiger partial charge < -0.3 is 4.90 Å². The van der Waals surface area contributed by atoms with Crippen molar-refractivity contribution in [1.29, 1.82) is 0 Å². The van der Waals surface area contributed by atoms with Crippen molar-refractivity contribution in [1.82, 2.24) is 19.8 Å². The third-order valence-corrected chi connectivity index (χ3v) is 8.43. The molecule has 2 saturated heterocycles. The lowest BCUT2D eigenvalue weighted by molar-refractivity contribution is -0.140. The minimum atomic E-state index is -0.0627. The molecule has 1 aromatic rings. The zero-order chi connectivity index (χ0) is 21.1. The minimum Gasteiger partial charge on any atom is -0.351 e. The summed E-state index contributed by atoms with van der Waals surface area (Å²) in [6.45, 7) is 5.23. The Bertz CT molecular complexity index is 894. The third-order valence-electron chi connectivity index (χ3n) is 8.17. The molecule has 8 heteroatoms. The van der Waals surface area contributed by atoms with E-state index in [1.807, 2.05) is 0 Å². The molecule has 6 unspecified atom stereocenters. The van der Waals surface area contributed by atoms with Gasteiger partial charge in [0.25, 0.3) is 0 Å². The summed E-state index contributed by atoms with van der Waals surface area (Å²) in [5.41, 5.74) is 0. The first-order valence-electron chi connectivity index (χ1n) is 11.6. The van der Waals surface area contributed by atoms with E-state index < -0.39 is 0 Å². The van der Waals surface area contributed by atoms with Crippen LogP contribution in [0.15, 0.2) is 24.5 Å². The van der Waals surface area contributed by atoms with Crippen LogP contribution in [0.3, 0.4) is 0 Å². The number of hydrogen-bond donors (Lipinski definition) is 0. The predicted octanol–water partition coefficient (Wildman–Crippen LogP) is 2.09. The van der Waals surface area contributed by atoms with Gasteiger partial charge >= 0.3 is 0 Å². The lowest BCUT2D eigenvalue weighted by Gasteiger charge is -2.37. The summed E-state index contributed by atoms with van der Waals surface area (Å²) in [6, 6.07) is 0. The molecule has 2 bridgehead atoms. The Hall–Kier alpha value is -1.99. The number of allylic oxidation sites excluding steroid dienone is 2. The van der Waals surface area contributed by atoms with Gasteiger partial charge in [-0.25, -0.2) is 9.97 Å². The lowest BCUT2D eigenvalue weighted by atomic mass is 9.63. The Morgan fingerprint density at radius 2 is 1.48 bits per heavy atom. The average Bonchev–Trinajstić information content (AvgIpc) is 3.57. The van der Waals surface area contributed by atoms with E-state index in [2.05, 4.69) is 31.9 Å². The standard InChI is InChI=1S/C23H28ClN5O2/c24-20-21(26-6-5-25-20)28-11-9-27(10-12-28)7-1-2-8-29-22(30)18-14-3-4-15(17-13-16(14)17)19(18)23(29)31/h3-6,14-19H,1-2,7-13H2. The number of rotatable bonds is 6. The van der Waals surface area contributed by atoms with Crippen molar-refractivity contribution in [2.24, 2.45) is 35.5 Å². The van der Waals surface area contributed by atoms with E-state index in [9.17, 15) is 9.59 Å². The van der Waals surface area contributed by atoms with Crippen molar-refractivity contribution < 1.29 is 9.59 Å². The number of piperazine rings is 1. The SMILES string of the molecule is O=C1C2C3C=CC(C4CC34)C2C(=O)N1CCCCN1CCN(c2nccnc2Cl)CC1. The number of halogens is 1. The Kier molecular flexibility index (Phi) is 4.79. The maximum Gasteiger partial charge on any atom is 0.233 e. The van der Waals surface area contributed by atoms with Gasteiger partial charge in [-0.3, -0.25) is 19.4 Å². The van der Waals surface area contributed by atoms with Crippen molar-refractivity contribution in [2.75, 3.05) is 44.2 Å². The van der Waals surface area contributed by atoms with Gasteiger partial charge in [-0.15, -0.1) is 0 Å². The number of imide groups is 1. The zero-order valence-electron chi connectivity index (χ0n) is 17.6. The first-order chi connectivity index (χ1) is 15.1. The van der Waals surface area contributed by atoms with E-state index in [4.69, 9.17) is 11.6 Å². The number of nitrogens with zero attached hydrogens (tertiary/aromatic N) is 5. The Balaban J connectivity index is 0.974. The molecule has 0 aromatic carbocycles. The molecule has 0 radical (unpaired) electrons. The molecule has 2 amide bonds. The summed E-state index contributed by atoms with van der Waals surface area (Å²) in [7, 11) is 0. The fraction of sp³-hybridized carbons (Fsp3) is 0.652. The monoisotopic (exact) mass is 441 g/mol. The van der Waals surface area contributed by atoms with Crippen molar-refractivity contribution in [2.45, 2.75) is 19.3 Å². The van der Waals surface area contributed by atoms with Crippen molar-refractivity contribution >= 4 is 29.2 Å². The largest absolute Gasteiger partial charge is 0.351 e. The van der Waals surface area contributed by atoms with Crippen LogP contribution in [0, 0.1) is 35.5 Å². The van der Waals surface area contributed by atoms with Gasteiger partial charge in [0, 0.05) is 45.1 Å². The molecule has 2 saturated carbocycles. The van der Waals surface area contributed by atoms with Gasteiger partial charge in [-0.1, -0.05) is 23.8 Å².